The molecule has 3 nitrogen and oxygen atoms in total. The van der Waals surface area contributed by atoms with Gasteiger partial charge in [0.25, 0.3) is 0 Å². The van der Waals surface area contributed by atoms with Crippen molar-refractivity contribution in [3.8, 4) is 11.4 Å². The maximum Gasteiger partial charge on any atom is 0.177 e. The normalized spacial score (nSPS) is 10.3. The molecule has 0 saturated heterocycles. The molecule has 1 aromatic heterocycles. The number of nitrogens with zero attached hydrogens (tertiary/aromatic N) is 1. The van der Waals surface area contributed by atoms with Crippen LogP contribution >= 0.6 is 0 Å². The number of carbonyl (C=O) groups is 1. The summed E-state index contributed by atoms with van der Waals surface area (Å²) in [6.45, 7) is 1.46. The molecule has 0 saturated carbocycles. The van der Waals surface area contributed by atoms with Crippen molar-refractivity contribution in [2.24, 2.45) is 0 Å². The summed E-state index contributed by atoms with van der Waals surface area (Å²) in [7, 11) is 0. The molecule has 0 aliphatic rings. The maximum atomic E-state index is 12.7. The number of H-pyrrole nitrogens is 1. The average molecular weight is 204 g/mol. The number of aromatic amines is 1. The Morgan fingerprint density at radius 3 is 2.53 bits per heavy atom. The molecule has 0 fully saturated rings. The lowest BCUT2D eigenvalue weighted by molar-refractivity contribution is 0.101. The Labute approximate surface area is 86.0 Å². The first-order chi connectivity index (χ1) is 7.16. The van der Waals surface area contributed by atoms with Crippen molar-refractivity contribution >= 4 is 5.78 Å². The smallest absolute Gasteiger partial charge is 0.177 e. The Morgan fingerprint density at radius 1 is 1.33 bits per heavy atom. The molecule has 2 rings (SSSR count). The zero-order chi connectivity index (χ0) is 10.8. The Kier molecular flexibility index (Phi) is 2.33. The minimum atomic E-state index is -0.294. The van der Waals surface area contributed by atoms with Gasteiger partial charge in [-0.15, -0.1) is 0 Å². The molecule has 0 radical (unpaired) electrons. The quantitative estimate of drug-likeness (QED) is 0.763. The van der Waals surface area contributed by atoms with Gasteiger partial charge in [0.05, 0.1) is 6.20 Å². The number of benzene rings is 1. The highest BCUT2D eigenvalue weighted by Crippen LogP contribution is 2.15. The van der Waals surface area contributed by atoms with E-state index < -0.39 is 0 Å². The lowest BCUT2D eigenvalue weighted by Gasteiger charge is -1.95. The molecule has 0 aliphatic carbocycles. The van der Waals surface area contributed by atoms with E-state index in [2.05, 4.69) is 9.97 Å². The number of carbonyl (C=O) groups excluding carboxylic acids is 1. The largest absolute Gasteiger partial charge is 0.336 e. The average Bonchev–Trinajstić information content (AvgIpc) is 2.68. The van der Waals surface area contributed by atoms with E-state index in [4.69, 9.17) is 0 Å². The standard InChI is InChI=1S/C11H9FN2O/c1-7(15)10-6-13-11(14-10)8-2-4-9(12)5-3-8/h2-6H,1H3,(H,13,14). The lowest BCUT2D eigenvalue weighted by Crippen LogP contribution is -1.91. The molecule has 1 heterocycles. The molecule has 15 heavy (non-hydrogen) atoms. The number of rotatable bonds is 2. The fraction of sp³-hybridized carbons (Fsp3) is 0.0909. The van der Waals surface area contributed by atoms with Crippen molar-refractivity contribution in [2.75, 3.05) is 0 Å². The fourth-order valence-corrected chi connectivity index (χ4v) is 1.25. The Balaban J connectivity index is 2.37. The number of ketones is 1. The van der Waals surface area contributed by atoms with Gasteiger partial charge < -0.3 is 4.98 Å². The van der Waals surface area contributed by atoms with Gasteiger partial charge in [-0.3, -0.25) is 4.79 Å². The van der Waals surface area contributed by atoms with Gasteiger partial charge in [-0.1, -0.05) is 0 Å². The summed E-state index contributed by atoms with van der Waals surface area (Å²) in [5, 5.41) is 0. The van der Waals surface area contributed by atoms with Gasteiger partial charge in [-0.05, 0) is 24.3 Å². The predicted molar refractivity (Wildman–Crippen MR) is 54.0 cm³/mol. The Hall–Kier alpha value is -1.97. The first kappa shape index (κ1) is 9.58. The van der Waals surface area contributed by atoms with E-state index >= 15 is 0 Å². The molecular formula is C11H9FN2O. The van der Waals surface area contributed by atoms with E-state index in [1.54, 1.807) is 12.1 Å². The SMILES string of the molecule is CC(=O)c1cnc(-c2ccc(F)cc2)[nH]1. The van der Waals surface area contributed by atoms with Crippen LogP contribution in [0.1, 0.15) is 17.4 Å². The van der Waals surface area contributed by atoms with Gasteiger partial charge in [-0.25, -0.2) is 9.37 Å². The predicted octanol–water partition coefficient (Wildman–Crippen LogP) is 2.42. The Bertz CT molecular complexity index is 488. The Morgan fingerprint density at radius 2 is 2.00 bits per heavy atom. The van der Waals surface area contributed by atoms with Crippen LogP contribution in [0, 0.1) is 5.82 Å². The van der Waals surface area contributed by atoms with Gasteiger partial charge in [0, 0.05) is 12.5 Å². The number of nitrogens with one attached hydrogen (secondary N) is 1. The van der Waals surface area contributed by atoms with Gasteiger partial charge in [0.1, 0.15) is 17.3 Å². The van der Waals surface area contributed by atoms with Crippen LogP contribution < -0.4 is 0 Å². The molecule has 76 valence electrons. The van der Waals surface area contributed by atoms with Crippen LogP contribution in [0.5, 0.6) is 0 Å². The second kappa shape index (κ2) is 3.65. The summed E-state index contributed by atoms with van der Waals surface area (Å²) in [5.41, 5.74) is 1.21. The topological polar surface area (TPSA) is 45.8 Å². The number of Topliss-reactive ketones (excluding diaryl/α,β-unsaturated/α-hetero) is 1. The molecule has 0 atom stereocenters. The third-order valence-corrected chi connectivity index (χ3v) is 2.07. The lowest BCUT2D eigenvalue weighted by atomic mass is 10.2. The number of imidazole rings is 1. The highest BCUT2D eigenvalue weighted by atomic mass is 19.1. The molecular weight excluding hydrogens is 195 g/mol. The molecule has 4 heteroatoms. The number of hydrogen-bond donors (Lipinski definition) is 1. The van der Waals surface area contributed by atoms with Crippen LogP contribution in [-0.2, 0) is 0 Å². The van der Waals surface area contributed by atoms with Gasteiger partial charge in [0.15, 0.2) is 5.78 Å². The first-order valence-electron chi connectivity index (χ1n) is 4.48. The molecule has 0 amide bonds. The summed E-state index contributed by atoms with van der Waals surface area (Å²) in [6, 6.07) is 5.92. The summed E-state index contributed by atoms with van der Waals surface area (Å²) in [6.07, 6.45) is 1.47. The molecule has 0 bridgehead atoms. The second-order valence-electron chi connectivity index (χ2n) is 3.21. The van der Waals surface area contributed by atoms with Gasteiger partial charge in [0.2, 0.25) is 0 Å². The van der Waals surface area contributed by atoms with Crippen molar-refractivity contribution in [1.29, 1.82) is 0 Å². The third kappa shape index (κ3) is 1.93. The van der Waals surface area contributed by atoms with E-state index in [0.29, 0.717) is 11.5 Å². The maximum absolute atomic E-state index is 12.7. The summed E-state index contributed by atoms with van der Waals surface area (Å²) < 4.78 is 12.7. The molecule has 0 unspecified atom stereocenters. The highest BCUT2D eigenvalue weighted by Gasteiger charge is 2.06. The minimum Gasteiger partial charge on any atom is -0.336 e. The van der Waals surface area contributed by atoms with Gasteiger partial charge in [-0.2, -0.15) is 0 Å². The summed E-state index contributed by atoms with van der Waals surface area (Å²) in [4.78, 5) is 17.9. The minimum absolute atomic E-state index is 0.0733. The zero-order valence-corrected chi connectivity index (χ0v) is 8.12. The van der Waals surface area contributed by atoms with E-state index in [1.807, 2.05) is 0 Å². The zero-order valence-electron chi connectivity index (χ0n) is 8.12. The molecule has 0 spiro atoms. The van der Waals surface area contributed by atoms with Crippen LogP contribution in [0.15, 0.2) is 30.5 Å². The van der Waals surface area contributed by atoms with Crippen LogP contribution in [0.4, 0.5) is 4.39 Å². The van der Waals surface area contributed by atoms with Crippen LogP contribution in [-0.4, -0.2) is 15.8 Å². The van der Waals surface area contributed by atoms with E-state index in [0.717, 1.165) is 5.56 Å². The second-order valence-corrected chi connectivity index (χ2v) is 3.21. The van der Waals surface area contributed by atoms with Crippen LogP contribution in [0.2, 0.25) is 0 Å². The third-order valence-electron chi connectivity index (χ3n) is 2.07. The van der Waals surface area contributed by atoms with Crippen molar-refractivity contribution in [3.05, 3.63) is 42.0 Å². The van der Waals surface area contributed by atoms with Crippen LogP contribution in [0.25, 0.3) is 11.4 Å². The molecule has 0 aliphatic heterocycles. The number of hydrogen-bond acceptors (Lipinski definition) is 2. The van der Waals surface area contributed by atoms with Crippen molar-refractivity contribution in [2.45, 2.75) is 6.92 Å². The first-order valence-corrected chi connectivity index (χ1v) is 4.48. The van der Waals surface area contributed by atoms with E-state index in [1.165, 1.54) is 25.3 Å². The number of halogens is 1. The van der Waals surface area contributed by atoms with Gasteiger partial charge >= 0.3 is 0 Å². The van der Waals surface area contributed by atoms with E-state index in [-0.39, 0.29) is 11.6 Å². The van der Waals surface area contributed by atoms with Crippen molar-refractivity contribution < 1.29 is 9.18 Å². The molecule has 2 aromatic rings. The van der Waals surface area contributed by atoms with E-state index in [9.17, 15) is 9.18 Å². The number of aromatic nitrogens is 2. The molecule has 1 N–H and O–H groups in total. The summed E-state index contributed by atoms with van der Waals surface area (Å²) in [5.74, 6) is 0.202. The fourth-order valence-electron chi connectivity index (χ4n) is 1.25. The monoisotopic (exact) mass is 204 g/mol. The highest BCUT2D eigenvalue weighted by molar-refractivity contribution is 5.92. The van der Waals surface area contributed by atoms with Crippen LogP contribution in [0.3, 0.4) is 0 Å². The van der Waals surface area contributed by atoms with Crippen molar-refractivity contribution in [3.63, 3.8) is 0 Å². The summed E-state index contributed by atoms with van der Waals surface area (Å²) >= 11 is 0. The van der Waals surface area contributed by atoms with Crippen molar-refractivity contribution in [1.82, 2.24) is 9.97 Å². The molecule has 1 aromatic carbocycles.